The normalized spacial score (nSPS) is 31.4. The second-order valence-corrected chi connectivity index (χ2v) is 4.66. The van der Waals surface area contributed by atoms with Gasteiger partial charge in [-0.15, -0.1) is 0 Å². The van der Waals surface area contributed by atoms with Gasteiger partial charge < -0.3 is 19.3 Å². The number of Topliss-reactive ketones (excluding diaryl/α,β-unsaturated/α-hetero) is 2. The number of aliphatic hydroxyl groups is 1. The Morgan fingerprint density at radius 1 is 1.17 bits per heavy atom. The fourth-order valence-electron chi connectivity index (χ4n) is 2.02. The van der Waals surface area contributed by atoms with Crippen LogP contribution in [0.5, 0.6) is 0 Å². The van der Waals surface area contributed by atoms with Crippen LogP contribution >= 0.6 is 0 Å². The molecule has 0 bridgehead atoms. The number of aliphatic hydroxyl groups excluding tert-OH is 1. The standard InChI is InChI=1S/C12H18O6/c13-8-1-3-10(16-5-8)7-18-12(15)11-4-2-9(14)6-17-11/h10-12,15H,1-7H2. The predicted molar refractivity (Wildman–Crippen MR) is 59.9 cm³/mol. The monoisotopic (exact) mass is 258 g/mol. The van der Waals surface area contributed by atoms with Crippen molar-refractivity contribution < 1.29 is 28.9 Å². The van der Waals surface area contributed by atoms with Crippen LogP contribution < -0.4 is 0 Å². The molecule has 0 saturated carbocycles. The van der Waals surface area contributed by atoms with Gasteiger partial charge in [-0.2, -0.15) is 0 Å². The highest BCUT2D eigenvalue weighted by Gasteiger charge is 2.28. The highest BCUT2D eigenvalue weighted by atomic mass is 16.6. The Bertz CT molecular complexity index is 296. The van der Waals surface area contributed by atoms with Crippen LogP contribution in [0.4, 0.5) is 0 Å². The van der Waals surface area contributed by atoms with E-state index in [2.05, 4.69) is 0 Å². The van der Waals surface area contributed by atoms with E-state index in [9.17, 15) is 14.7 Å². The molecule has 102 valence electrons. The molecule has 6 nitrogen and oxygen atoms in total. The highest BCUT2D eigenvalue weighted by Crippen LogP contribution is 2.16. The number of ketones is 2. The smallest absolute Gasteiger partial charge is 0.181 e. The first-order chi connectivity index (χ1) is 8.65. The van der Waals surface area contributed by atoms with Crippen LogP contribution in [0.1, 0.15) is 25.7 Å². The molecule has 0 aliphatic carbocycles. The van der Waals surface area contributed by atoms with E-state index in [1.54, 1.807) is 0 Å². The molecule has 3 atom stereocenters. The van der Waals surface area contributed by atoms with Gasteiger partial charge in [-0.25, -0.2) is 0 Å². The van der Waals surface area contributed by atoms with Crippen molar-refractivity contribution in [3.63, 3.8) is 0 Å². The third kappa shape index (κ3) is 3.84. The summed E-state index contributed by atoms with van der Waals surface area (Å²) in [5.74, 6) is 0.147. The van der Waals surface area contributed by atoms with Gasteiger partial charge in [-0.3, -0.25) is 9.59 Å². The topological polar surface area (TPSA) is 82.1 Å². The number of carbonyl (C=O) groups is 2. The molecule has 2 heterocycles. The summed E-state index contributed by atoms with van der Waals surface area (Å²) in [7, 11) is 0. The summed E-state index contributed by atoms with van der Waals surface area (Å²) >= 11 is 0. The van der Waals surface area contributed by atoms with E-state index in [-0.39, 0.29) is 37.5 Å². The number of carbonyl (C=O) groups excluding carboxylic acids is 2. The molecule has 2 aliphatic heterocycles. The number of hydrogen-bond donors (Lipinski definition) is 1. The molecule has 2 fully saturated rings. The van der Waals surface area contributed by atoms with Crippen LogP contribution in [0.3, 0.4) is 0 Å². The first-order valence-corrected chi connectivity index (χ1v) is 6.21. The highest BCUT2D eigenvalue weighted by molar-refractivity contribution is 5.80. The summed E-state index contributed by atoms with van der Waals surface area (Å²) in [4.78, 5) is 21.9. The molecule has 0 amide bonds. The SMILES string of the molecule is O=C1CCC(COC(O)C2CCC(=O)CO2)OC1. The van der Waals surface area contributed by atoms with E-state index >= 15 is 0 Å². The molecule has 2 aliphatic rings. The Morgan fingerprint density at radius 2 is 1.83 bits per heavy atom. The third-order valence-corrected chi connectivity index (χ3v) is 3.16. The molecule has 0 spiro atoms. The molecule has 0 aromatic rings. The summed E-state index contributed by atoms with van der Waals surface area (Å²) in [5.41, 5.74) is 0. The van der Waals surface area contributed by atoms with Crippen molar-refractivity contribution in [3.05, 3.63) is 0 Å². The molecule has 0 aromatic heterocycles. The summed E-state index contributed by atoms with van der Waals surface area (Å²) in [6, 6.07) is 0. The summed E-state index contributed by atoms with van der Waals surface area (Å²) in [5, 5.41) is 9.76. The van der Waals surface area contributed by atoms with Crippen LogP contribution in [-0.2, 0) is 23.8 Å². The van der Waals surface area contributed by atoms with Crippen molar-refractivity contribution in [3.8, 4) is 0 Å². The Hall–Kier alpha value is -0.820. The van der Waals surface area contributed by atoms with Crippen molar-refractivity contribution in [2.24, 2.45) is 0 Å². The molecule has 0 radical (unpaired) electrons. The maximum Gasteiger partial charge on any atom is 0.181 e. The lowest BCUT2D eigenvalue weighted by Crippen LogP contribution is -2.39. The lowest BCUT2D eigenvalue weighted by molar-refractivity contribution is -0.203. The molecule has 2 rings (SSSR count). The molecule has 6 heteroatoms. The largest absolute Gasteiger partial charge is 0.368 e. The number of rotatable bonds is 4. The minimum absolute atomic E-state index is 0.0412. The Morgan fingerprint density at radius 3 is 2.39 bits per heavy atom. The van der Waals surface area contributed by atoms with E-state index in [0.717, 1.165) is 0 Å². The predicted octanol–water partition coefficient (Wildman–Crippen LogP) is -0.182. The third-order valence-electron chi connectivity index (χ3n) is 3.16. The first kappa shape index (κ1) is 13.6. The van der Waals surface area contributed by atoms with Gasteiger partial charge in [0.25, 0.3) is 0 Å². The van der Waals surface area contributed by atoms with Gasteiger partial charge in [0, 0.05) is 12.8 Å². The molecule has 18 heavy (non-hydrogen) atoms. The van der Waals surface area contributed by atoms with Gasteiger partial charge in [0.15, 0.2) is 17.9 Å². The van der Waals surface area contributed by atoms with Gasteiger partial charge in [0.2, 0.25) is 0 Å². The van der Waals surface area contributed by atoms with Gasteiger partial charge in [0.1, 0.15) is 19.3 Å². The number of ether oxygens (including phenoxy) is 3. The van der Waals surface area contributed by atoms with E-state index in [0.29, 0.717) is 25.7 Å². The lowest BCUT2D eigenvalue weighted by Gasteiger charge is -2.28. The van der Waals surface area contributed by atoms with Crippen molar-refractivity contribution >= 4 is 11.6 Å². The van der Waals surface area contributed by atoms with E-state index < -0.39 is 12.4 Å². The lowest BCUT2D eigenvalue weighted by atomic mass is 10.1. The van der Waals surface area contributed by atoms with Gasteiger partial charge in [0.05, 0.1) is 12.7 Å². The quantitative estimate of drug-likeness (QED) is 0.704. The first-order valence-electron chi connectivity index (χ1n) is 6.21. The average Bonchev–Trinajstić information content (AvgIpc) is 2.38. The van der Waals surface area contributed by atoms with Crippen LogP contribution in [0.2, 0.25) is 0 Å². The summed E-state index contributed by atoms with van der Waals surface area (Å²) in [6.07, 6.45) is 0.368. The Balaban J connectivity index is 1.66. The van der Waals surface area contributed by atoms with Crippen molar-refractivity contribution in [2.75, 3.05) is 19.8 Å². The van der Waals surface area contributed by atoms with Crippen LogP contribution in [-0.4, -0.2) is 55.0 Å². The minimum atomic E-state index is -1.04. The molecule has 0 aromatic carbocycles. The fourth-order valence-corrected chi connectivity index (χ4v) is 2.02. The maximum atomic E-state index is 11.0. The second-order valence-electron chi connectivity index (χ2n) is 4.66. The molecule has 1 N–H and O–H groups in total. The minimum Gasteiger partial charge on any atom is -0.368 e. The van der Waals surface area contributed by atoms with E-state index in [1.807, 2.05) is 0 Å². The van der Waals surface area contributed by atoms with Gasteiger partial charge in [-0.1, -0.05) is 0 Å². The van der Waals surface area contributed by atoms with Crippen LogP contribution in [0, 0.1) is 0 Å². The van der Waals surface area contributed by atoms with Crippen molar-refractivity contribution in [1.29, 1.82) is 0 Å². The van der Waals surface area contributed by atoms with Crippen LogP contribution in [0.25, 0.3) is 0 Å². The maximum absolute atomic E-state index is 11.0. The summed E-state index contributed by atoms with van der Waals surface area (Å²) < 4.78 is 15.7. The zero-order chi connectivity index (χ0) is 13.0. The van der Waals surface area contributed by atoms with E-state index in [1.165, 1.54) is 0 Å². The zero-order valence-corrected chi connectivity index (χ0v) is 10.2. The fraction of sp³-hybridized carbons (Fsp3) is 0.833. The van der Waals surface area contributed by atoms with Gasteiger partial charge in [-0.05, 0) is 12.8 Å². The molecular weight excluding hydrogens is 240 g/mol. The van der Waals surface area contributed by atoms with E-state index in [4.69, 9.17) is 14.2 Å². The van der Waals surface area contributed by atoms with Crippen molar-refractivity contribution in [1.82, 2.24) is 0 Å². The molecule has 3 unspecified atom stereocenters. The molecular formula is C12H18O6. The van der Waals surface area contributed by atoms with Crippen LogP contribution in [0.15, 0.2) is 0 Å². The Kier molecular flexibility index (Phi) is 4.82. The molecule has 2 saturated heterocycles. The Labute approximate surface area is 105 Å². The zero-order valence-electron chi connectivity index (χ0n) is 10.2. The summed E-state index contributed by atoms with van der Waals surface area (Å²) in [6.45, 7) is 0.403. The van der Waals surface area contributed by atoms with Gasteiger partial charge >= 0.3 is 0 Å². The van der Waals surface area contributed by atoms with Crippen molar-refractivity contribution in [2.45, 2.75) is 44.2 Å². The number of hydrogen-bond acceptors (Lipinski definition) is 6. The average molecular weight is 258 g/mol. The second kappa shape index (κ2) is 6.38.